The molecule has 1 fully saturated rings. The second kappa shape index (κ2) is 5.73. The summed E-state index contributed by atoms with van der Waals surface area (Å²) in [5.74, 6) is 1.95. The van der Waals surface area contributed by atoms with Crippen LogP contribution < -0.4 is 10.6 Å². The normalized spacial score (nSPS) is 30.5. The van der Waals surface area contributed by atoms with Crippen molar-refractivity contribution in [1.82, 2.24) is 5.32 Å². The molecule has 0 aromatic heterocycles. The van der Waals surface area contributed by atoms with Crippen molar-refractivity contribution in [3.63, 3.8) is 0 Å². The monoisotopic (exact) mass is 278 g/mol. The zero-order chi connectivity index (χ0) is 13.1. The number of para-hydroxylation sites is 1. The van der Waals surface area contributed by atoms with Gasteiger partial charge in [-0.25, -0.2) is 0 Å². The summed E-state index contributed by atoms with van der Waals surface area (Å²) in [6.45, 7) is 1.74. The molecule has 3 rings (SSSR count). The van der Waals surface area contributed by atoms with E-state index in [-0.39, 0.29) is 0 Å². The Kier molecular flexibility index (Phi) is 4.01. The van der Waals surface area contributed by atoms with Crippen molar-refractivity contribution in [2.24, 2.45) is 0 Å². The number of aliphatic hydroxyl groups is 1. The highest BCUT2D eigenvalue weighted by Gasteiger charge is 2.32. The van der Waals surface area contributed by atoms with Crippen LogP contribution in [0.5, 0.6) is 0 Å². The third-order valence-electron chi connectivity index (χ3n) is 4.08. The van der Waals surface area contributed by atoms with Gasteiger partial charge in [-0.05, 0) is 36.6 Å². The Morgan fingerprint density at radius 1 is 1.42 bits per heavy atom. The first kappa shape index (κ1) is 13.3. The molecule has 1 aromatic carbocycles. The Bertz CT molecular complexity index is 432. The van der Waals surface area contributed by atoms with Crippen LogP contribution in [0.2, 0.25) is 0 Å². The molecule has 2 atom stereocenters. The lowest BCUT2D eigenvalue weighted by Crippen LogP contribution is -2.41. The fraction of sp³-hybridized carbons (Fsp3) is 0.600. The SMILES string of the molecule is O[C@]1(CN[C@@H]2CCCNc3ccccc32)CCSC1. The summed E-state index contributed by atoms with van der Waals surface area (Å²) in [5, 5.41) is 17.5. The Labute approximate surface area is 119 Å². The lowest BCUT2D eigenvalue weighted by atomic mass is 9.99. The van der Waals surface area contributed by atoms with Crippen molar-refractivity contribution in [2.45, 2.75) is 30.9 Å². The highest BCUT2D eigenvalue weighted by atomic mass is 32.2. The number of rotatable bonds is 3. The molecule has 19 heavy (non-hydrogen) atoms. The zero-order valence-corrected chi connectivity index (χ0v) is 12.0. The van der Waals surface area contributed by atoms with Crippen LogP contribution in [0.1, 0.15) is 30.9 Å². The van der Waals surface area contributed by atoms with Crippen LogP contribution in [0.25, 0.3) is 0 Å². The molecule has 104 valence electrons. The third kappa shape index (κ3) is 3.07. The van der Waals surface area contributed by atoms with E-state index in [0.717, 1.165) is 30.9 Å². The van der Waals surface area contributed by atoms with E-state index < -0.39 is 5.60 Å². The predicted octanol–water partition coefficient (Wildman–Crippen LogP) is 2.39. The van der Waals surface area contributed by atoms with Crippen molar-refractivity contribution >= 4 is 17.4 Å². The second-order valence-corrected chi connectivity index (χ2v) is 6.72. The molecule has 4 heteroatoms. The standard InChI is InChI=1S/C15H22N2OS/c18-15(7-9-19-11-15)10-17-14-6-3-8-16-13-5-2-1-4-12(13)14/h1-2,4-5,14,16-18H,3,6-11H2/t14-,15+/m1/s1. The number of nitrogens with one attached hydrogen (secondary N) is 2. The molecule has 0 saturated carbocycles. The van der Waals surface area contributed by atoms with Gasteiger partial charge in [-0.3, -0.25) is 0 Å². The fourth-order valence-corrected chi connectivity index (χ4v) is 4.20. The van der Waals surface area contributed by atoms with Crippen LogP contribution in [-0.4, -0.2) is 35.3 Å². The summed E-state index contributed by atoms with van der Waals surface area (Å²) in [5.41, 5.74) is 2.08. The summed E-state index contributed by atoms with van der Waals surface area (Å²) < 4.78 is 0. The lowest BCUT2D eigenvalue weighted by Gasteiger charge is -2.26. The molecule has 0 radical (unpaired) electrons. The van der Waals surface area contributed by atoms with Crippen molar-refractivity contribution in [3.05, 3.63) is 29.8 Å². The maximum Gasteiger partial charge on any atom is 0.0869 e. The van der Waals surface area contributed by atoms with Gasteiger partial charge in [-0.2, -0.15) is 11.8 Å². The van der Waals surface area contributed by atoms with Crippen LogP contribution in [0.15, 0.2) is 24.3 Å². The number of thioether (sulfide) groups is 1. The number of benzene rings is 1. The molecule has 2 heterocycles. The van der Waals surface area contributed by atoms with Gasteiger partial charge >= 0.3 is 0 Å². The van der Waals surface area contributed by atoms with Crippen LogP contribution in [0, 0.1) is 0 Å². The molecule has 2 aliphatic rings. The maximum atomic E-state index is 10.4. The van der Waals surface area contributed by atoms with Crippen molar-refractivity contribution in [1.29, 1.82) is 0 Å². The van der Waals surface area contributed by atoms with E-state index in [9.17, 15) is 5.11 Å². The first-order chi connectivity index (χ1) is 9.27. The van der Waals surface area contributed by atoms with E-state index in [4.69, 9.17) is 0 Å². The molecular weight excluding hydrogens is 256 g/mol. The Hall–Kier alpha value is -0.710. The highest BCUT2D eigenvalue weighted by Crippen LogP contribution is 2.31. The molecule has 2 aliphatic heterocycles. The van der Waals surface area contributed by atoms with Gasteiger partial charge in [0.15, 0.2) is 0 Å². The molecule has 0 amide bonds. The molecule has 1 aromatic rings. The Morgan fingerprint density at radius 3 is 3.16 bits per heavy atom. The van der Waals surface area contributed by atoms with Gasteiger partial charge in [0.25, 0.3) is 0 Å². The minimum Gasteiger partial charge on any atom is -0.388 e. The third-order valence-corrected chi connectivity index (χ3v) is 5.32. The van der Waals surface area contributed by atoms with Gasteiger partial charge in [0, 0.05) is 30.6 Å². The zero-order valence-electron chi connectivity index (χ0n) is 11.2. The summed E-state index contributed by atoms with van der Waals surface area (Å²) in [4.78, 5) is 0. The van der Waals surface area contributed by atoms with Crippen LogP contribution in [0.3, 0.4) is 0 Å². The van der Waals surface area contributed by atoms with Gasteiger partial charge in [-0.1, -0.05) is 18.2 Å². The fourth-order valence-electron chi connectivity index (χ4n) is 2.91. The first-order valence-electron chi connectivity index (χ1n) is 7.13. The largest absolute Gasteiger partial charge is 0.388 e. The summed E-state index contributed by atoms with van der Waals surface area (Å²) in [6, 6.07) is 8.88. The highest BCUT2D eigenvalue weighted by molar-refractivity contribution is 7.99. The minimum atomic E-state index is -0.501. The quantitative estimate of drug-likeness (QED) is 0.794. The Balaban J connectivity index is 1.70. The van der Waals surface area contributed by atoms with E-state index in [0.29, 0.717) is 12.6 Å². The van der Waals surface area contributed by atoms with E-state index in [2.05, 4.69) is 34.9 Å². The topological polar surface area (TPSA) is 44.3 Å². The average molecular weight is 278 g/mol. The molecular formula is C15H22N2OS. The van der Waals surface area contributed by atoms with Crippen LogP contribution in [0.4, 0.5) is 5.69 Å². The maximum absolute atomic E-state index is 10.4. The molecule has 1 saturated heterocycles. The summed E-state index contributed by atoms with van der Waals surface area (Å²) in [7, 11) is 0. The van der Waals surface area contributed by atoms with Crippen molar-refractivity contribution in [2.75, 3.05) is 29.9 Å². The Morgan fingerprint density at radius 2 is 2.32 bits per heavy atom. The lowest BCUT2D eigenvalue weighted by molar-refractivity contribution is 0.0642. The van der Waals surface area contributed by atoms with E-state index in [1.807, 2.05) is 11.8 Å². The molecule has 0 spiro atoms. The molecule has 0 unspecified atom stereocenters. The van der Waals surface area contributed by atoms with Gasteiger partial charge in [0.05, 0.1) is 5.60 Å². The van der Waals surface area contributed by atoms with Gasteiger partial charge < -0.3 is 15.7 Å². The summed E-state index contributed by atoms with van der Waals surface area (Å²) >= 11 is 1.86. The molecule has 3 N–H and O–H groups in total. The van der Waals surface area contributed by atoms with E-state index >= 15 is 0 Å². The molecule has 0 bridgehead atoms. The van der Waals surface area contributed by atoms with Crippen molar-refractivity contribution < 1.29 is 5.11 Å². The predicted molar refractivity (Wildman–Crippen MR) is 81.8 cm³/mol. The van der Waals surface area contributed by atoms with Crippen LogP contribution >= 0.6 is 11.8 Å². The van der Waals surface area contributed by atoms with Gasteiger partial charge in [0.2, 0.25) is 0 Å². The van der Waals surface area contributed by atoms with Crippen molar-refractivity contribution in [3.8, 4) is 0 Å². The smallest absolute Gasteiger partial charge is 0.0869 e. The van der Waals surface area contributed by atoms with E-state index in [1.165, 1.54) is 17.7 Å². The minimum absolute atomic E-state index is 0.362. The van der Waals surface area contributed by atoms with Gasteiger partial charge in [0.1, 0.15) is 0 Å². The first-order valence-corrected chi connectivity index (χ1v) is 8.29. The average Bonchev–Trinajstić information content (AvgIpc) is 2.75. The number of fused-ring (bicyclic) bond motifs is 1. The number of anilines is 1. The van der Waals surface area contributed by atoms with E-state index in [1.54, 1.807) is 0 Å². The molecule has 3 nitrogen and oxygen atoms in total. The second-order valence-electron chi connectivity index (χ2n) is 5.62. The number of hydrogen-bond acceptors (Lipinski definition) is 4. The summed E-state index contributed by atoms with van der Waals surface area (Å²) in [6.07, 6.45) is 3.21. The number of hydrogen-bond donors (Lipinski definition) is 3. The van der Waals surface area contributed by atoms with Crippen LogP contribution in [-0.2, 0) is 0 Å². The molecule has 0 aliphatic carbocycles. The van der Waals surface area contributed by atoms with Gasteiger partial charge in [-0.15, -0.1) is 0 Å².